The summed E-state index contributed by atoms with van der Waals surface area (Å²) >= 11 is 0. The van der Waals surface area contributed by atoms with Crippen molar-refractivity contribution < 1.29 is 28.6 Å². The van der Waals surface area contributed by atoms with Crippen molar-refractivity contribution in [2.45, 2.75) is 316 Å². The molecule has 6 nitrogen and oxygen atoms in total. The lowest BCUT2D eigenvalue weighted by atomic mass is 10.0. The van der Waals surface area contributed by atoms with Crippen molar-refractivity contribution in [3.63, 3.8) is 0 Å². The summed E-state index contributed by atoms with van der Waals surface area (Å²) in [5.41, 5.74) is 0. The molecule has 0 radical (unpaired) electrons. The molecule has 0 fully saturated rings. The Balaban J connectivity index is 4.29. The van der Waals surface area contributed by atoms with Gasteiger partial charge in [0.2, 0.25) is 0 Å². The van der Waals surface area contributed by atoms with Crippen molar-refractivity contribution in [1.29, 1.82) is 0 Å². The van der Waals surface area contributed by atoms with Crippen molar-refractivity contribution in [2.24, 2.45) is 0 Å². The minimum Gasteiger partial charge on any atom is -0.462 e. The molecule has 68 heavy (non-hydrogen) atoms. The van der Waals surface area contributed by atoms with E-state index in [9.17, 15) is 14.4 Å². The summed E-state index contributed by atoms with van der Waals surface area (Å²) in [6, 6.07) is 0. The molecule has 0 saturated heterocycles. The number of allylic oxidation sites excluding steroid dienone is 8. The SMILES string of the molecule is CC/C=C\C/C=C\C/C=C\CCCCCCCC(=O)OC(COC(=O)CCCCCCC/C=C\CCCCCC)COC(=O)CCCCCCCCCCCCCCCCCCCCCCCC. The Morgan fingerprint density at radius 2 is 0.574 bits per heavy atom. The Labute approximate surface area is 422 Å². The first-order valence-electron chi connectivity index (χ1n) is 29.6. The zero-order valence-electron chi connectivity index (χ0n) is 45.4. The second-order valence-electron chi connectivity index (χ2n) is 19.9. The Morgan fingerprint density at radius 3 is 0.926 bits per heavy atom. The molecule has 1 atom stereocenters. The topological polar surface area (TPSA) is 78.9 Å². The third kappa shape index (κ3) is 54.3. The van der Waals surface area contributed by atoms with Gasteiger partial charge in [-0.15, -0.1) is 0 Å². The molecule has 0 amide bonds. The molecule has 6 heteroatoms. The first kappa shape index (κ1) is 65.4. The van der Waals surface area contributed by atoms with Gasteiger partial charge in [-0.25, -0.2) is 0 Å². The summed E-state index contributed by atoms with van der Waals surface area (Å²) in [5, 5.41) is 0. The molecule has 0 bridgehead atoms. The summed E-state index contributed by atoms with van der Waals surface area (Å²) in [6.45, 7) is 6.53. The third-order valence-corrected chi connectivity index (χ3v) is 13.1. The highest BCUT2D eigenvalue weighted by molar-refractivity contribution is 5.71. The van der Waals surface area contributed by atoms with Gasteiger partial charge < -0.3 is 14.2 Å². The Morgan fingerprint density at radius 1 is 0.309 bits per heavy atom. The monoisotopic (exact) mass is 953 g/mol. The number of esters is 3. The van der Waals surface area contributed by atoms with Crippen LogP contribution in [0.3, 0.4) is 0 Å². The molecule has 0 saturated carbocycles. The molecule has 0 aromatic heterocycles. The van der Waals surface area contributed by atoms with Crippen LogP contribution in [0.25, 0.3) is 0 Å². The van der Waals surface area contributed by atoms with Gasteiger partial charge in [0.15, 0.2) is 6.10 Å². The van der Waals surface area contributed by atoms with E-state index in [-0.39, 0.29) is 31.1 Å². The standard InChI is InChI=1S/C62H112O6/c1-4-7-10-13-16-19-22-25-27-28-29-30-31-32-33-35-37-40-43-46-49-52-55-61(64)67-58-59(57-66-60(63)54-51-48-45-42-39-36-24-21-18-15-12-9-6-3)68-62(65)56-53-50-47-44-41-38-34-26-23-20-17-14-11-8-5-2/h8,11,17,20-21,24,26,34,59H,4-7,9-10,12-16,18-19,22-23,25,27-33,35-58H2,1-3H3/b11-8-,20-17-,24-21-,34-26-. The van der Waals surface area contributed by atoms with Gasteiger partial charge in [-0.3, -0.25) is 14.4 Å². The molecular weight excluding hydrogens is 841 g/mol. The van der Waals surface area contributed by atoms with E-state index in [0.29, 0.717) is 19.3 Å². The van der Waals surface area contributed by atoms with E-state index in [1.54, 1.807) is 0 Å². The summed E-state index contributed by atoms with van der Waals surface area (Å²) in [6.07, 6.45) is 69.7. The summed E-state index contributed by atoms with van der Waals surface area (Å²) in [5.74, 6) is -0.891. The Kier molecular flexibility index (Phi) is 54.8. The number of unbranched alkanes of at least 4 members (excludes halogenated alkanes) is 35. The van der Waals surface area contributed by atoms with E-state index in [2.05, 4.69) is 69.4 Å². The second kappa shape index (κ2) is 57.0. The number of carbonyl (C=O) groups excluding carboxylic acids is 3. The maximum atomic E-state index is 12.8. The van der Waals surface area contributed by atoms with Gasteiger partial charge in [0, 0.05) is 19.3 Å². The molecular formula is C62H112O6. The first-order valence-corrected chi connectivity index (χ1v) is 29.6. The third-order valence-electron chi connectivity index (χ3n) is 13.1. The maximum Gasteiger partial charge on any atom is 0.306 e. The average molecular weight is 954 g/mol. The van der Waals surface area contributed by atoms with Crippen LogP contribution in [0.2, 0.25) is 0 Å². The van der Waals surface area contributed by atoms with Gasteiger partial charge >= 0.3 is 17.9 Å². The van der Waals surface area contributed by atoms with Gasteiger partial charge in [-0.1, -0.05) is 262 Å². The van der Waals surface area contributed by atoms with Crippen LogP contribution in [0.5, 0.6) is 0 Å². The predicted octanol–water partition coefficient (Wildman–Crippen LogP) is 19.8. The van der Waals surface area contributed by atoms with Gasteiger partial charge in [0.05, 0.1) is 0 Å². The van der Waals surface area contributed by atoms with Crippen LogP contribution in [0.4, 0.5) is 0 Å². The molecule has 0 rings (SSSR count). The fraction of sp³-hybridized carbons (Fsp3) is 0.823. The molecule has 1 unspecified atom stereocenters. The maximum absolute atomic E-state index is 12.8. The summed E-state index contributed by atoms with van der Waals surface area (Å²) in [4.78, 5) is 38.1. The number of carbonyl (C=O) groups is 3. The lowest BCUT2D eigenvalue weighted by Gasteiger charge is -2.18. The fourth-order valence-corrected chi connectivity index (χ4v) is 8.63. The fourth-order valence-electron chi connectivity index (χ4n) is 8.63. The van der Waals surface area contributed by atoms with Crippen LogP contribution in [0.15, 0.2) is 48.6 Å². The molecule has 0 spiro atoms. The van der Waals surface area contributed by atoms with Crippen LogP contribution in [0, 0.1) is 0 Å². The van der Waals surface area contributed by atoms with Gasteiger partial charge in [-0.05, 0) is 77.0 Å². The van der Waals surface area contributed by atoms with Crippen LogP contribution < -0.4 is 0 Å². The van der Waals surface area contributed by atoms with Crippen molar-refractivity contribution in [2.75, 3.05) is 13.2 Å². The van der Waals surface area contributed by atoms with E-state index in [4.69, 9.17) is 14.2 Å². The van der Waals surface area contributed by atoms with E-state index in [0.717, 1.165) is 103 Å². The van der Waals surface area contributed by atoms with Crippen LogP contribution in [-0.2, 0) is 28.6 Å². The average Bonchev–Trinajstić information content (AvgIpc) is 3.34. The van der Waals surface area contributed by atoms with Gasteiger partial charge in [-0.2, -0.15) is 0 Å². The van der Waals surface area contributed by atoms with Gasteiger partial charge in [0.1, 0.15) is 13.2 Å². The largest absolute Gasteiger partial charge is 0.462 e. The summed E-state index contributed by atoms with van der Waals surface area (Å²) < 4.78 is 16.9. The second-order valence-corrected chi connectivity index (χ2v) is 19.9. The molecule has 0 aliphatic heterocycles. The number of rotatable bonds is 54. The van der Waals surface area contributed by atoms with E-state index >= 15 is 0 Å². The highest BCUT2D eigenvalue weighted by Crippen LogP contribution is 2.17. The van der Waals surface area contributed by atoms with Crippen LogP contribution in [0.1, 0.15) is 310 Å². The van der Waals surface area contributed by atoms with E-state index < -0.39 is 6.10 Å². The lowest BCUT2D eigenvalue weighted by molar-refractivity contribution is -0.167. The van der Waals surface area contributed by atoms with Crippen LogP contribution >= 0.6 is 0 Å². The molecule has 396 valence electrons. The minimum absolute atomic E-state index is 0.0798. The zero-order chi connectivity index (χ0) is 49.3. The first-order chi connectivity index (χ1) is 33.5. The number of hydrogen-bond acceptors (Lipinski definition) is 6. The Hall–Kier alpha value is -2.63. The summed E-state index contributed by atoms with van der Waals surface area (Å²) in [7, 11) is 0. The Bertz CT molecular complexity index is 1190. The van der Waals surface area contributed by atoms with Crippen molar-refractivity contribution in [3.05, 3.63) is 48.6 Å². The normalized spacial score (nSPS) is 12.3. The van der Waals surface area contributed by atoms with Gasteiger partial charge in [0.25, 0.3) is 0 Å². The van der Waals surface area contributed by atoms with Crippen molar-refractivity contribution in [3.8, 4) is 0 Å². The molecule has 0 aromatic carbocycles. The molecule has 0 aromatic rings. The highest BCUT2D eigenvalue weighted by atomic mass is 16.6. The minimum atomic E-state index is -0.783. The zero-order valence-corrected chi connectivity index (χ0v) is 45.4. The van der Waals surface area contributed by atoms with Crippen molar-refractivity contribution >= 4 is 17.9 Å². The number of hydrogen-bond donors (Lipinski definition) is 0. The molecule has 0 N–H and O–H groups in total. The molecule has 0 aliphatic carbocycles. The van der Waals surface area contributed by atoms with E-state index in [1.165, 1.54) is 167 Å². The number of ether oxygens (including phenoxy) is 3. The molecule has 0 heterocycles. The quantitative estimate of drug-likeness (QED) is 0.0262. The highest BCUT2D eigenvalue weighted by Gasteiger charge is 2.19. The molecule has 0 aliphatic rings. The lowest BCUT2D eigenvalue weighted by Crippen LogP contribution is -2.30. The van der Waals surface area contributed by atoms with Crippen LogP contribution in [-0.4, -0.2) is 37.2 Å². The smallest absolute Gasteiger partial charge is 0.306 e. The van der Waals surface area contributed by atoms with Crippen molar-refractivity contribution in [1.82, 2.24) is 0 Å². The predicted molar refractivity (Wildman–Crippen MR) is 293 cm³/mol. The van der Waals surface area contributed by atoms with E-state index in [1.807, 2.05) is 0 Å².